The highest BCUT2D eigenvalue weighted by Crippen LogP contribution is 2.38. The molecule has 6 nitrogen and oxygen atoms in total. The molecule has 0 amide bonds. The van der Waals surface area contributed by atoms with E-state index in [1.165, 1.54) is 0 Å². The molecule has 0 spiro atoms. The third-order valence-corrected chi connectivity index (χ3v) is 6.79. The Morgan fingerprint density at radius 3 is 2.72 bits per heavy atom. The maximum atomic E-state index is 14.5. The number of halogens is 3. The lowest BCUT2D eigenvalue weighted by molar-refractivity contribution is 0.343. The summed E-state index contributed by atoms with van der Waals surface area (Å²) >= 11 is 6.10. The smallest absolute Gasteiger partial charge is 0.149 e. The molecule has 1 saturated heterocycles. The topological polar surface area (TPSA) is 58.0 Å². The van der Waals surface area contributed by atoms with Gasteiger partial charge in [-0.05, 0) is 50.6 Å². The van der Waals surface area contributed by atoms with Crippen molar-refractivity contribution in [3.8, 4) is 11.1 Å². The highest BCUT2D eigenvalue weighted by molar-refractivity contribution is 6.31. The maximum Gasteiger partial charge on any atom is 0.149 e. The number of pyridine rings is 1. The van der Waals surface area contributed by atoms with E-state index in [9.17, 15) is 8.78 Å². The van der Waals surface area contributed by atoms with E-state index in [-0.39, 0.29) is 17.1 Å². The Bertz CT molecular complexity index is 1140. The highest BCUT2D eigenvalue weighted by atomic mass is 35.5. The van der Waals surface area contributed by atoms with Crippen LogP contribution in [-0.4, -0.2) is 40.9 Å². The molecule has 2 aliphatic rings. The average Bonchev–Trinajstić information content (AvgIpc) is 3.30. The zero-order valence-electron chi connectivity index (χ0n) is 17.8. The summed E-state index contributed by atoms with van der Waals surface area (Å²) in [6.45, 7) is 5.47. The van der Waals surface area contributed by atoms with Crippen LogP contribution >= 0.6 is 11.6 Å². The minimum absolute atomic E-state index is 0.156. The van der Waals surface area contributed by atoms with Crippen LogP contribution in [-0.2, 0) is 6.54 Å². The van der Waals surface area contributed by atoms with E-state index < -0.39 is 11.6 Å². The van der Waals surface area contributed by atoms with E-state index in [0.29, 0.717) is 19.1 Å². The fraction of sp³-hybridized carbons (Fsp3) is 0.391. The van der Waals surface area contributed by atoms with Crippen LogP contribution in [0.4, 0.5) is 20.3 Å². The van der Waals surface area contributed by atoms with Gasteiger partial charge in [0.15, 0.2) is 0 Å². The fourth-order valence-electron chi connectivity index (χ4n) is 4.63. The quantitative estimate of drug-likeness (QED) is 0.562. The van der Waals surface area contributed by atoms with E-state index in [0.717, 1.165) is 66.3 Å². The van der Waals surface area contributed by atoms with Gasteiger partial charge in [-0.2, -0.15) is 5.10 Å². The normalized spacial score (nSPS) is 16.7. The Kier molecular flexibility index (Phi) is 5.73. The molecular weight excluding hydrogens is 434 g/mol. The molecule has 9 heteroatoms. The SMILES string of the molecule is Cc1c(-c2cnn(C3CCNCC3)c2)cnc2c1N(Cc1c(F)ccc(F)c1Cl)CCN2. The van der Waals surface area contributed by atoms with Crippen LogP contribution in [0.2, 0.25) is 5.02 Å². The summed E-state index contributed by atoms with van der Waals surface area (Å²) in [5.74, 6) is -0.398. The third-order valence-electron chi connectivity index (χ3n) is 6.38. The van der Waals surface area contributed by atoms with Gasteiger partial charge >= 0.3 is 0 Å². The van der Waals surface area contributed by atoms with Crippen LogP contribution < -0.4 is 15.5 Å². The van der Waals surface area contributed by atoms with Crippen LogP contribution in [0.25, 0.3) is 11.1 Å². The summed E-state index contributed by atoms with van der Waals surface area (Å²) in [6, 6.07) is 2.57. The van der Waals surface area contributed by atoms with Crippen LogP contribution in [0.5, 0.6) is 0 Å². The van der Waals surface area contributed by atoms with Crippen LogP contribution in [0, 0.1) is 18.6 Å². The Labute approximate surface area is 190 Å². The highest BCUT2D eigenvalue weighted by Gasteiger charge is 2.25. The number of hydrogen-bond donors (Lipinski definition) is 2. The Morgan fingerprint density at radius 1 is 1.12 bits per heavy atom. The zero-order chi connectivity index (χ0) is 22.2. The average molecular weight is 459 g/mol. The van der Waals surface area contributed by atoms with Gasteiger partial charge in [-0.1, -0.05) is 11.6 Å². The molecule has 4 heterocycles. The lowest BCUT2D eigenvalue weighted by Crippen LogP contribution is -2.35. The molecule has 2 N–H and O–H groups in total. The second-order valence-corrected chi connectivity index (χ2v) is 8.73. The molecule has 0 radical (unpaired) electrons. The van der Waals surface area contributed by atoms with E-state index in [1.807, 2.05) is 28.9 Å². The summed E-state index contributed by atoms with van der Waals surface area (Å²) in [5, 5.41) is 11.1. The van der Waals surface area contributed by atoms with Gasteiger partial charge in [0.1, 0.15) is 17.5 Å². The summed E-state index contributed by atoms with van der Waals surface area (Å²) in [5.41, 5.74) is 4.02. The first kappa shape index (κ1) is 21.2. The number of fused-ring (bicyclic) bond motifs is 1. The molecular formula is C23H25ClF2N6. The Balaban J connectivity index is 1.49. The summed E-state index contributed by atoms with van der Waals surface area (Å²) in [6.07, 6.45) is 7.92. The lowest BCUT2D eigenvalue weighted by atomic mass is 10.0. The molecule has 0 atom stereocenters. The molecule has 2 aliphatic heterocycles. The van der Waals surface area contributed by atoms with Crippen molar-refractivity contribution in [2.45, 2.75) is 32.4 Å². The zero-order valence-corrected chi connectivity index (χ0v) is 18.6. The van der Waals surface area contributed by atoms with Crippen molar-refractivity contribution >= 4 is 23.1 Å². The van der Waals surface area contributed by atoms with Crippen LogP contribution in [0.3, 0.4) is 0 Å². The Hall–Kier alpha value is -2.71. The summed E-state index contributed by atoms with van der Waals surface area (Å²) in [4.78, 5) is 6.64. The van der Waals surface area contributed by atoms with Gasteiger partial charge in [0.25, 0.3) is 0 Å². The predicted octanol–water partition coefficient (Wildman–Crippen LogP) is 4.54. The first-order chi connectivity index (χ1) is 15.5. The monoisotopic (exact) mass is 458 g/mol. The second-order valence-electron chi connectivity index (χ2n) is 8.35. The first-order valence-electron chi connectivity index (χ1n) is 10.9. The van der Waals surface area contributed by atoms with E-state index >= 15 is 0 Å². The van der Waals surface area contributed by atoms with Crippen molar-refractivity contribution in [1.29, 1.82) is 0 Å². The van der Waals surface area contributed by atoms with Crippen molar-refractivity contribution in [2.75, 3.05) is 36.4 Å². The molecule has 0 bridgehead atoms. The minimum atomic E-state index is -0.618. The van der Waals surface area contributed by atoms with Gasteiger partial charge in [-0.25, -0.2) is 13.8 Å². The summed E-state index contributed by atoms with van der Waals surface area (Å²) < 4.78 is 30.5. The predicted molar refractivity (Wildman–Crippen MR) is 122 cm³/mol. The molecule has 32 heavy (non-hydrogen) atoms. The molecule has 3 aromatic rings. The molecule has 0 saturated carbocycles. The summed E-state index contributed by atoms with van der Waals surface area (Å²) in [7, 11) is 0. The minimum Gasteiger partial charge on any atom is -0.367 e. The van der Waals surface area contributed by atoms with Crippen molar-refractivity contribution < 1.29 is 8.78 Å². The van der Waals surface area contributed by atoms with E-state index in [1.54, 1.807) is 0 Å². The van der Waals surface area contributed by atoms with Gasteiger partial charge < -0.3 is 15.5 Å². The van der Waals surface area contributed by atoms with Crippen molar-refractivity contribution in [1.82, 2.24) is 20.1 Å². The second kappa shape index (κ2) is 8.67. The van der Waals surface area contributed by atoms with Crippen molar-refractivity contribution in [2.24, 2.45) is 0 Å². The number of rotatable bonds is 4. The Morgan fingerprint density at radius 2 is 1.91 bits per heavy atom. The molecule has 5 rings (SSSR count). The largest absolute Gasteiger partial charge is 0.367 e. The number of aromatic nitrogens is 3. The lowest BCUT2D eigenvalue weighted by Gasteiger charge is -2.33. The van der Waals surface area contributed by atoms with Crippen molar-refractivity contribution in [3.05, 3.63) is 58.5 Å². The molecule has 1 fully saturated rings. The van der Waals surface area contributed by atoms with Gasteiger partial charge in [0.05, 0.1) is 22.9 Å². The first-order valence-corrected chi connectivity index (χ1v) is 11.3. The van der Waals surface area contributed by atoms with Crippen LogP contribution in [0.15, 0.2) is 30.7 Å². The van der Waals surface area contributed by atoms with E-state index in [2.05, 4.69) is 26.9 Å². The third kappa shape index (κ3) is 3.82. The molecule has 2 aromatic heterocycles. The standard InChI is InChI=1S/C23H25ClF2N6/c1-14-17(15-10-30-32(12-15)16-4-6-27-7-5-16)11-29-23-22(14)31(9-8-28-23)13-18-19(25)2-3-20(26)21(18)24/h2-3,10-12,16,27H,4-9,13H2,1H3,(H,28,29). The van der Waals surface area contributed by atoms with Gasteiger partial charge in [0, 0.05) is 48.7 Å². The molecule has 0 unspecified atom stereocenters. The maximum absolute atomic E-state index is 14.5. The molecule has 168 valence electrons. The number of anilines is 2. The number of benzene rings is 1. The molecule has 1 aromatic carbocycles. The van der Waals surface area contributed by atoms with Crippen LogP contribution in [0.1, 0.15) is 30.0 Å². The van der Waals surface area contributed by atoms with Gasteiger partial charge in [-0.3, -0.25) is 4.68 Å². The number of nitrogens with zero attached hydrogens (tertiary/aromatic N) is 4. The number of hydrogen-bond acceptors (Lipinski definition) is 5. The van der Waals surface area contributed by atoms with E-state index in [4.69, 9.17) is 11.6 Å². The molecule has 0 aliphatic carbocycles. The van der Waals surface area contributed by atoms with Crippen molar-refractivity contribution in [3.63, 3.8) is 0 Å². The fourth-order valence-corrected chi connectivity index (χ4v) is 4.84. The van der Waals surface area contributed by atoms with Gasteiger partial charge in [-0.15, -0.1) is 0 Å². The van der Waals surface area contributed by atoms with Gasteiger partial charge in [0.2, 0.25) is 0 Å². The number of piperidine rings is 1. The number of nitrogens with one attached hydrogen (secondary N) is 2.